The van der Waals surface area contributed by atoms with Crippen molar-refractivity contribution in [2.45, 2.75) is 19.8 Å². The molecule has 29 heavy (non-hydrogen) atoms. The van der Waals surface area contributed by atoms with E-state index < -0.39 is 0 Å². The molecule has 5 heteroatoms. The van der Waals surface area contributed by atoms with Crippen molar-refractivity contribution >= 4 is 35.1 Å². The normalized spacial score (nSPS) is 12.3. The number of nitrogens with one attached hydrogen (secondary N) is 1. The zero-order valence-corrected chi connectivity index (χ0v) is 17.0. The first-order chi connectivity index (χ1) is 13.9. The third-order valence-corrected chi connectivity index (χ3v) is 4.81. The summed E-state index contributed by atoms with van der Waals surface area (Å²) in [7, 11) is 0. The van der Waals surface area contributed by atoms with Gasteiger partial charge in [-0.2, -0.15) is 0 Å². The molecule has 1 amide bonds. The van der Waals surface area contributed by atoms with Gasteiger partial charge in [-0.25, -0.2) is 0 Å². The molecule has 1 aromatic heterocycles. The Morgan fingerprint density at radius 2 is 1.69 bits per heavy atom. The van der Waals surface area contributed by atoms with Crippen molar-refractivity contribution in [3.63, 3.8) is 0 Å². The second-order valence-electron chi connectivity index (χ2n) is 7.05. The van der Waals surface area contributed by atoms with Crippen molar-refractivity contribution in [2.75, 3.05) is 5.32 Å². The average Bonchev–Trinajstić information content (AvgIpc) is 3.22. The first-order valence-corrected chi connectivity index (χ1v) is 9.74. The Labute approximate surface area is 175 Å². The van der Waals surface area contributed by atoms with E-state index in [1.165, 1.54) is 6.08 Å². The van der Waals surface area contributed by atoms with Crippen molar-refractivity contribution in [3.05, 3.63) is 94.9 Å². The molecule has 0 aliphatic rings. The molecule has 2 aromatic carbocycles. The molecule has 0 saturated carbocycles. The van der Waals surface area contributed by atoms with Crippen LogP contribution in [0.1, 0.15) is 41.4 Å². The predicted octanol–water partition coefficient (Wildman–Crippen LogP) is 6.21. The fourth-order valence-electron chi connectivity index (χ4n) is 3.09. The largest absolute Gasteiger partial charge is 0.465 e. The highest BCUT2D eigenvalue weighted by Gasteiger charge is 2.24. The van der Waals surface area contributed by atoms with Crippen LogP contribution in [0, 0.1) is 5.92 Å². The van der Waals surface area contributed by atoms with E-state index in [-0.39, 0.29) is 23.5 Å². The van der Waals surface area contributed by atoms with E-state index >= 15 is 0 Å². The zero-order chi connectivity index (χ0) is 20.8. The van der Waals surface area contributed by atoms with Crippen molar-refractivity contribution < 1.29 is 14.0 Å². The van der Waals surface area contributed by atoms with Gasteiger partial charge in [-0.15, -0.1) is 0 Å². The zero-order valence-electron chi connectivity index (χ0n) is 16.3. The summed E-state index contributed by atoms with van der Waals surface area (Å²) in [6.45, 7) is 4.01. The maximum absolute atomic E-state index is 12.9. The van der Waals surface area contributed by atoms with Crippen LogP contribution in [0.2, 0.25) is 5.02 Å². The minimum Gasteiger partial charge on any atom is -0.465 e. The summed E-state index contributed by atoms with van der Waals surface area (Å²) in [5, 5.41) is 3.58. The molecule has 0 aliphatic heterocycles. The molecule has 1 heterocycles. The second-order valence-corrected chi connectivity index (χ2v) is 7.49. The van der Waals surface area contributed by atoms with Crippen LogP contribution in [0.25, 0.3) is 6.08 Å². The highest BCUT2D eigenvalue weighted by atomic mass is 35.5. The Morgan fingerprint density at radius 1 is 1.00 bits per heavy atom. The van der Waals surface area contributed by atoms with Gasteiger partial charge < -0.3 is 9.73 Å². The number of hydrogen-bond donors (Lipinski definition) is 1. The quantitative estimate of drug-likeness (QED) is 0.374. The molecule has 0 unspecified atom stereocenters. The molecule has 0 saturated heterocycles. The second kappa shape index (κ2) is 9.39. The van der Waals surface area contributed by atoms with E-state index in [4.69, 9.17) is 16.0 Å². The van der Waals surface area contributed by atoms with Gasteiger partial charge in [0, 0.05) is 16.3 Å². The van der Waals surface area contributed by atoms with Crippen LogP contribution >= 0.6 is 11.6 Å². The SMILES string of the molecule is CC(C)[C@H](C(=O)Nc1ccc(C(=O)/C=C/c2ccco2)cc1)c1ccc(Cl)cc1. The number of carbonyl (C=O) groups is 2. The monoisotopic (exact) mass is 407 g/mol. The summed E-state index contributed by atoms with van der Waals surface area (Å²) < 4.78 is 5.17. The smallest absolute Gasteiger partial charge is 0.232 e. The maximum Gasteiger partial charge on any atom is 0.232 e. The summed E-state index contributed by atoms with van der Waals surface area (Å²) in [5.74, 6) is 0.192. The molecule has 1 atom stereocenters. The highest BCUT2D eigenvalue weighted by Crippen LogP contribution is 2.27. The summed E-state index contributed by atoms with van der Waals surface area (Å²) in [5.41, 5.74) is 2.09. The minimum atomic E-state index is -0.301. The number of anilines is 1. The molecule has 3 aromatic rings. The van der Waals surface area contributed by atoms with Gasteiger partial charge in [0.15, 0.2) is 5.78 Å². The average molecular weight is 408 g/mol. The van der Waals surface area contributed by atoms with E-state index in [2.05, 4.69) is 5.32 Å². The fourth-order valence-corrected chi connectivity index (χ4v) is 3.21. The topological polar surface area (TPSA) is 59.3 Å². The van der Waals surface area contributed by atoms with Gasteiger partial charge >= 0.3 is 0 Å². The number of halogens is 1. The van der Waals surface area contributed by atoms with Crippen LogP contribution in [0.3, 0.4) is 0 Å². The van der Waals surface area contributed by atoms with Crippen LogP contribution in [0.15, 0.2) is 77.4 Å². The number of ketones is 1. The maximum atomic E-state index is 12.9. The molecule has 4 nitrogen and oxygen atoms in total. The minimum absolute atomic E-state index is 0.0980. The Morgan fingerprint density at radius 3 is 2.28 bits per heavy atom. The number of allylic oxidation sites excluding steroid dienone is 1. The predicted molar refractivity (Wildman–Crippen MR) is 116 cm³/mol. The molecule has 3 rings (SSSR count). The van der Waals surface area contributed by atoms with Crippen LogP contribution < -0.4 is 5.32 Å². The Bertz CT molecular complexity index is 988. The number of benzene rings is 2. The number of rotatable bonds is 7. The van der Waals surface area contributed by atoms with Crippen LogP contribution in [0.5, 0.6) is 0 Å². The van der Waals surface area contributed by atoms with E-state index in [1.807, 2.05) is 26.0 Å². The Balaban J connectivity index is 1.68. The summed E-state index contributed by atoms with van der Waals surface area (Å²) >= 11 is 5.96. The number of amides is 1. The molecular formula is C24H22ClNO3. The van der Waals surface area contributed by atoms with E-state index in [1.54, 1.807) is 60.9 Å². The van der Waals surface area contributed by atoms with Gasteiger partial charge in [0.1, 0.15) is 5.76 Å². The van der Waals surface area contributed by atoms with Gasteiger partial charge in [-0.1, -0.05) is 37.6 Å². The van der Waals surface area contributed by atoms with Gasteiger partial charge in [0.05, 0.1) is 12.2 Å². The van der Waals surface area contributed by atoms with E-state index in [9.17, 15) is 9.59 Å². The molecule has 0 spiro atoms. The van der Waals surface area contributed by atoms with Gasteiger partial charge in [-0.05, 0) is 72.2 Å². The number of carbonyl (C=O) groups excluding carboxylic acids is 2. The van der Waals surface area contributed by atoms with E-state index in [0.29, 0.717) is 22.0 Å². The first-order valence-electron chi connectivity index (χ1n) is 9.36. The summed E-state index contributed by atoms with van der Waals surface area (Å²) in [6.07, 6.45) is 4.63. The lowest BCUT2D eigenvalue weighted by atomic mass is 9.87. The third kappa shape index (κ3) is 5.46. The first kappa shape index (κ1) is 20.6. The van der Waals surface area contributed by atoms with Crippen LogP contribution in [0.4, 0.5) is 5.69 Å². The molecule has 0 fully saturated rings. The van der Waals surface area contributed by atoms with Crippen LogP contribution in [-0.2, 0) is 4.79 Å². The van der Waals surface area contributed by atoms with Crippen molar-refractivity contribution in [1.29, 1.82) is 0 Å². The third-order valence-electron chi connectivity index (χ3n) is 4.56. The lowest BCUT2D eigenvalue weighted by molar-refractivity contribution is -0.118. The van der Waals surface area contributed by atoms with E-state index in [0.717, 1.165) is 5.56 Å². The molecule has 1 N–H and O–H groups in total. The molecule has 0 bridgehead atoms. The lowest BCUT2D eigenvalue weighted by Gasteiger charge is -2.21. The lowest BCUT2D eigenvalue weighted by Crippen LogP contribution is -2.25. The summed E-state index contributed by atoms with van der Waals surface area (Å²) in [4.78, 5) is 25.1. The van der Waals surface area contributed by atoms with Gasteiger partial charge in [0.2, 0.25) is 5.91 Å². The van der Waals surface area contributed by atoms with Crippen molar-refractivity contribution in [1.82, 2.24) is 0 Å². The Kier molecular flexibility index (Phi) is 6.68. The fraction of sp³-hybridized carbons (Fsp3) is 0.167. The molecule has 148 valence electrons. The van der Waals surface area contributed by atoms with Crippen molar-refractivity contribution in [3.8, 4) is 0 Å². The summed E-state index contributed by atoms with van der Waals surface area (Å²) in [6, 6.07) is 17.7. The molecule has 0 radical (unpaired) electrons. The van der Waals surface area contributed by atoms with Gasteiger partial charge in [-0.3, -0.25) is 9.59 Å². The molecule has 0 aliphatic carbocycles. The van der Waals surface area contributed by atoms with Gasteiger partial charge in [0.25, 0.3) is 0 Å². The van der Waals surface area contributed by atoms with Crippen molar-refractivity contribution in [2.24, 2.45) is 5.92 Å². The van der Waals surface area contributed by atoms with Crippen LogP contribution in [-0.4, -0.2) is 11.7 Å². The highest BCUT2D eigenvalue weighted by molar-refractivity contribution is 6.30. The molecular weight excluding hydrogens is 386 g/mol. The number of hydrogen-bond acceptors (Lipinski definition) is 3. The standard InChI is InChI=1S/C24H22ClNO3/c1-16(2)23(18-5-9-19(25)10-6-18)24(28)26-20-11-7-17(8-12-20)22(27)14-13-21-4-3-15-29-21/h3-16,23H,1-2H3,(H,26,28)/b14-13+/t23-/m0/s1. The number of furan rings is 1. The Hall–Kier alpha value is -3.11.